The maximum atomic E-state index is 12.5. The second-order valence-corrected chi connectivity index (χ2v) is 15.0. The molecule has 288 valence electrons. The van der Waals surface area contributed by atoms with Crippen molar-refractivity contribution in [3.63, 3.8) is 0 Å². The second-order valence-electron chi connectivity index (χ2n) is 15.0. The minimum atomic E-state index is -0.796. The van der Waals surface area contributed by atoms with E-state index in [0.717, 1.165) is 100 Å². The van der Waals surface area contributed by atoms with Crippen molar-refractivity contribution in [2.24, 2.45) is 11.8 Å². The van der Waals surface area contributed by atoms with Crippen molar-refractivity contribution < 1.29 is 29.0 Å². The lowest BCUT2D eigenvalue weighted by Gasteiger charge is -2.31. The average molecular weight is 723 g/mol. The van der Waals surface area contributed by atoms with Crippen LogP contribution in [0, 0.1) is 11.8 Å². The number of ketones is 2. The van der Waals surface area contributed by atoms with Gasteiger partial charge in [-0.05, 0) is 135 Å². The van der Waals surface area contributed by atoms with E-state index in [1.165, 1.54) is 0 Å². The Balaban J connectivity index is 0.000000284. The average Bonchev–Trinajstić information content (AvgIpc) is 3.11. The summed E-state index contributed by atoms with van der Waals surface area (Å²) in [4.78, 5) is 60.4. The predicted molar refractivity (Wildman–Crippen MR) is 205 cm³/mol. The van der Waals surface area contributed by atoms with Crippen molar-refractivity contribution >= 4 is 35.1 Å². The number of likely N-dealkylation sites (tertiary alicyclic amines) is 2. The highest BCUT2D eigenvalue weighted by molar-refractivity contribution is 5.81. The standard InChI is InChI=1S/C22H35N3O3.C18H27N3O3/c1-22(2,3)28-21(27)16-25-14-12-17(13-15-25)19(26)10-6-5-8-18-9-7-11-20(23-4)24-18;1-19-17-8-4-6-15(20-17)5-2-3-7-16(22)14-9-11-21(12-10-14)13-18(23)24/h7,9,11,17H,5-6,8,10,12-16H2,1-4H3,(H,23,24);4,6,8,14H,2-3,5,7,9-13H2,1H3,(H,19,20)(H,23,24). The zero-order valence-electron chi connectivity index (χ0n) is 32.1. The van der Waals surface area contributed by atoms with Gasteiger partial charge >= 0.3 is 11.9 Å². The van der Waals surface area contributed by atoms with Gasteiger partial charge in [0.25, 0.3) is 0 Å². The quantitative estimate of drug-likeness (QED) is 0.129. The van der Waals surface area contributed by atoms with E-state index in [1.807, 2.05) is 76.2 Å². The molecule has 0 aromatic carbocycles. The summed E-state index contributed by atoms with van der Waals surface area (Å²) >= 11 is 0. The topological polar surface area (TPSA) is 154 Å². The number of piperidine rings is 2. The van der Waals surface area contributed by atoms with E-state index in [0.29, 0.717) is 44.0 Å². The Morgan fingerprint density at radius 1 is 0.712 bits per heavy atom. The van der Waals surface area contributed by atoms with Gasteiger partial charge in [0.05, 0.1) is 13.1 Å². The molecule has 2 aliphatic heterocycles. The van der Waals surface area contributed by atoms with Crippen molar-refractivity contribution in [2.45, 2.75) is 103 Å². The molecule has 12 nitrogen and oxygen atoms in total. The number of carbonyl (C=O) groups excluding carboxylic acids is 3. The number of aliphatic carboxylic acids is 1. The Morgan fingerprint density at radius 3 is 1.52 bits per heavy atom. The molecule has 3 N–H and O–H groups in total. The van der Waals surface area contributed by atoms with Crippen LogP contribution in [0.2, 0.25) is 0 Å². The van der Waals surface area contributed by atoms with Gasteiger partial charge in [0.1, 0.15) is 28.8 Å². The first-order valence-corrected chi connectivity index (χ1v) is 19.1. The van der Waals surface area contributed by atoms with Crippen LogP contribution in [-0.4, -0.2) is 107 Å². The van der Waals surface area contributed by atoms with Gasteiger partial charge in [0.2, 0.25) is 0 Å². The lowest BCUT2D eigenvalue weighted by Crippen LogP contribution is -2.41. The molecular formula is C40H62N6O6. The Labute approximate surface area is 310 Å². The summed E-state index contributed by atoms with van der Waals surface area (Å²) in [5, 5.41) is 14.9. The molecule has 2 fully saturated rings. The molecule has 52 heavy (non-hydrogen) atoms. The Kier molecular flexibility index (Phi) is 18.2. The summed E-state index contributed by atoms with van der Waals surface area (Å²) in [5.74, 6) is 1.73. The zero-order chi connectivity index (χ0) is 37.9. The molecule has 0 radical (unpaired) electrons. The molecule has 2 aromatic rings. The van der Waals surface area contributed by atoms with E-state index < -0.39 is 11.6 Å². The van der Waals surface area contributed by atoms with Gasteiger partial charge in [-0.3, -0.25) is 29.0 Å². The number of carbonyl (C=O) groups is 4. The highest BCUT2D eigenvalue weighted by atomic mass is 16.6. The van der Waals surface area contributed by atoms with Crippen LogP contribution in [0.15, 0.2) is 36.4 Å². The number of nitrogens with zero attached hydrogens (tertiary/aromatic N) is 4. The maximum Gasteiger partial charge on any atom is 0.320 e. The number of hydrogen-bond acceptors (Lipinski definition) is 11. The molecule has 0 aliphatic carbocycles. The summed E-state index contributed by atoms with van der Waals surface area (Å²) < 4.78 is 5.37. The van der Waals surface area contributed by atoms with Crippen LogP contribution >= 0.6 is 0 Å². The molecule has 2 aromatic heterocycles. The molecule has 0 bridgehead atoms. The lowest BCUT2D eigenvalue weighted by atomic mass is 9.90. The monoisotopic (exact) mass is 722 g/mol. The van der Waals surface area contributed by atoms with Crippen LogP contribution in [0.1, 0.15) is 96.4 Å². The highest BCUT2D eigenvalue weighted by Gasteiger charge is 2.27. The number of rotatable bonds is 18. The number of nitrogens with one attached hydrogen (secondary N) is 2. The fourth-order valence-corrected chi connectivity index (χ4v) is 6.71. The number of anilines is 2. The van der Waals surface area contributed by atoms with E-state index in [9.17, 15) is 19.2 Å². The van der Waals surface area contributed by atoms with Gasteiger partial charge in [-0.2, -0.15) is 0 Å². The Hall–Kier alpha value is -3.90. The number of ether oxygens (including phenoxy) is 1. The molecule has 0 saturated carbocycles. The van der Waals surface area contributed by atoms with Gasteiger partial charge in [-0.25, -0.2) is 9.97 Å². The first-order chi connectivity index (χ1) is 24.8. The number of carboxylic acids is 1. The third-order valence-corrected chi connectivity index (χ3v) is 9.56. The molecule has 0 unspecified atom stereocenters. The zero-order valence-corrected chi connectivity index (χ0v) is 32.1. The van der Waals surface area contributed by atoms with Crippen molar-refractivity contribution in [3.05, 3.63) is 47.8 Å². The van der Waals surface area contributed by atoms with E-state index >= 15 is 0 Å². The number of carboxylic acid groups (broad SMARTS) is 1. The van der Waals surface area contributed by atoms with Gasteiger partial charge < -0.3 is 20.5 Å². The lowest BCUT2D eigenvalue weighted by molar-refractivity contribution is -0.156. The van der Waals surface area contributed by atoms with Gasteiger partial charge in [0.15, 0.2) is 0 Å². The van der Waals surface area contributed by atoms with E-state index in [4.69, 9.17) is 9.84 Å². The number of pyridine rings is 2. The highest BCUT2D eigenvalue weighted by Crippen LogP contribution is 2.22. The molecule has 4 heterocycles. The molecular weight excluding hydrogens is 660 g/mol. The van der Waals surface area contributed by atoms with Gasteiger partial charge in [-0.15, -0.1) is 0 Å². The molecule has 12 heteroatoms. The summed E-state index contributed by atoms with van der Waals surface area (Å²) in [7, 11) is 3.72. The summed E-state index contributed by atoms with van der Waals surface area (Å²) in [6.45, 7) is 9.03. The van der Waals surface area contributed by atoms with Gasteiger partial charge in [0, 0.05) is 50.2 Å². The first-order valence-electron chi connectivity index (χ1n) is 19.1. The molecule has 0 spiro atoms. The summed E-state index contributed by atoms with van der Waals surface area (Å²) in [5.41, 5.74) is 1.67. The van der Waals surface area contributed by atoms with Crippen LogP contribution in [-0.2, 0) is 36.8 Å². The van der Waals surface area contributed by atoms with E-state index in [2.05, 4.69) is 25.5 Å². The Bertz CT molecular complexity index is 1410. The summed E-state index contributed by atoms with van der Waals surface area (Å²) in [6, 6.07) is 11.9. The van der Waals surface area contributed by atoms with Crippen molar-refractivity contribution in [3.8, 4) is 0 Å². The van der Waals surface area contributed by atoms with Crippen LogP contribution in [0.4, 0.5) is 11.6 Å². The minimum absolute atomic E-state index is 0.0829. The summed E-state index contributed by atoms with van der Waals surface area (Å²) in [6.07, 6.45) is 10.0. The third-order valence-electron chi connectivity index (χ3n) is 9.56. The number of hydrogen-bond donors (Lipinski definition) is 3. The van der Waals surface area contributed by atoms with Crippen LogP contribution < -0.4 is 10.6 Å². The molecule has 2 aliphatic rings. The van der Waals surface area contributed by atoms with Gasteiger partial charge in [-0.1, -0.05) is 12.1 Å². The SMILES string of the molecule is CNc1cccc(CCCCC(=O)C2CCN(CC(=O)O)CC2)n1.CNc1cccc(CCCCC(=O)C2CCN(CC(=O)OC(C)(C)C)CC2)n1. The number of aromatic nitrogens is 2. The van der Waals surface area contributed by atoms with Crippen LogP contribution in [0.25, 0.3) is 0 Å². The number of unbranched alkanes of at least 4 members (excludes halogenated alkanes) is 2. The Morgan fingerprint density at radius 2 is 1.13 bits per heavy atom. The molecule has 4 rings (SSSR count). The van der Waals surface area contributed by atoms with E-state index in [-0.39, 0.29) is 24.3 Å². The normalized spacial score (nSPS) is 16.0. The predicted octanol–water partition coefficient (Wildman–Crippen LogP) is 5.66. The largest absolute Gasteiger partial charge is 0.480 e. The maximum absolute atomic E-state index is 12.5. The molecule has 0 atom stereocenters. The molecule has 0 amide bonds. The second kappa shape index (κ2) is 22.2. The smallest absolute Gasteiger partial charge is 0.320 e. The number of esters is 1. The van der Waals surface area contributed by atoms with Crippen molar-refractivity contribution in [1.29, 1.82) is 0 Å². The minimum Gasteiger partial charge on any atom is -0.480 e. The van der Waals surface area contributed by atoms with Crippen molar-refractivity contribution in [2.75, 3.05) is 64.0 Å². The third kappa shape index (κ3) is 16.6. The first kappa shape index (κ1) is 42.5. The molecule has 2 saturated heterocycles. The fourth-order valence-electron chi connectivity index (χ4n) is 6.71. The van der Waals surface area contributed by atoms with Crippen LogP contribution in [0.5, 0.6) is 0 Å². The van der Waals surface area contributed by atoms with Crippen LogP contribution in [0.3, 0.4) is 0 Å². The van der Waals surface area contributed by atoms with E-state index in [1.54, 1.807) is 0 Å². The number of Topliss-reactive ketones (excluding diaryl/α,β-unsaturated/α-hetero) is 2. The number of aryl methyl sites for hydroxylation is 2. The van der Waals surface area contributed by atoms with Crippen molar-refractivity contribution in [1.82, 2.24) is 19.8 Å². The fraction of sp³-hybridized carbons (Fsp3) is 0.650.